The van der Waals surface area contributed by atoms with Gasteiger partial charge in [-0.2, -0.15) is 0 Å². The maximum Gasteiger partial charge on any atom is 0.258 e. The van der Waals surface area contributed by atoms with Crippen molar-refractivity contribution in [2.75, 3.05) is 13.7 Å². The number of hydrogen-bond donors (Lipinski definition) is 1. The lowest BCUT2D eigenvalue weighted by Crippen LogP contribution is -2.39. The molecule has 0 unspecified atom stereocenters. The molecule has 0 aromatic carbocycles. The molecule has 2 aliphatic rings. The fraction of sp³-hybridized carbons (Fsp3) is 0.667. The molecule has 5 nitrogen and oxygen atoms in total. The van der Waals surface area contributed by atoms with Gasteiger partial charge in [-0.15, -0.1) is 0 Å². The fourth-order valence-corrected chi connectivity index (χ4v) is 4.12. The third kappa shape index (κ3) is 4.43. The van der Waals surface area contributed by atoms with Crippen LogP contribution in [-0.4, -0.2) is 36.3 Å². The largest absolute Gasteiger partial charge is 0.468 e. The maximum absolute atomic E-state index is 12.2. The average molecular weight is 357 g/mol. The van der Waals surface area contributed by atoms with E-state index in [1.165, 1.54) is 38.5 Å². The van der Waals surface area contributed by atoms with Crippen molar-refractivity contribution in [3.8, 4) is 5.88 Å². The Morgan fingerprint density at radius 3 is 2.58 bits per heavy atom. The van der Waals surface area contributed by atoms with Crippen LogP contribution in [0.25, 0.3) is 0 Å². The van der Waals surface area contributed by atoms with Crippen LogP contribution in [0.2, 0.25) is 0 Å². The van der Waals surface area contributed by atoms with E-state index in [0.717, 1.165) is 22.5 Å². The van der Waals surface area contributed by atoms with Crippen molar-refractivity contribution < 1.29 is 9.53 Å². The molecule has 1 N–H and O–H groups in total. The first-order valence-corrected chi connectivity index (χ1v) is 9.87. The quantitative estimate of drug-likeness (QED) is 0.758. The van der Waals surface area contributed by atoms with E-state index in [4.69, 9.17) is 4.74 Å². The van der Waals surface area contributed by atoms with Gasteiger partial charge in [0, 0.05) is 36.3 Å². The van der Waals surface area contributed by atoms with Crippen LogP contribution >= 0.6 is 0 Å². The summed E-state index contributed by atoms with van der Waals surface area (Å²) in [4.78, 5) is 21.2. The molecular weight excluding hydrogens is 326 g/mol. The van der Waals surface area contributed by atoms with Gasteiger partial charge in [0.2, 0.25) is 5.88 Å². The van der Waals surface area contributed by atoms with Crippen molar-refractivity contribution in [2.24, 2.45) is 16.8 Å². The summed E-state index contributed by atoms with van der Waals surface area (Å²) < 4.78 is 5.67. The zero-order chi connectivity index (χ0) is 18.7. The van der Waals surface area contributed by atoms with Crippen LogP contribution in [0.15, 0.2) is 11.1 Å². The normalized spacial score (nSPS) is 19.5. The second-order valence-corrected chi connectivity index (χ2v) is 7.81. The molecule has 0 radical (unpaired) electrons. The lowest BCUT2D eigenvalue weighted by molar-refractivity contribution is -0.124. The monoisotopic (exact) mass is 357 g/mol. The highest BCUT2D eigenvalue weighted by molar-refractivity contribution is 6.05. The smallest absolute Gasteiger partial charge is 0.258 e. The minimum Gasteiger partial charge on any atom is -0.468 e. The van der Waals surface area contributed by atoms with Crippen LogP contribution < -0.4 is 10.1 Å². The Morgan fingerprint density at radius 2 is 2.00 bits per heavy atom. The van der Waals surface area contributed by atoms with Crippen molar-refractivity contribution >= 4 is 11.6 Å². The van der Waals surface area contributed by atoms with Crippen molar-refractivity contribution in [3.05, 3.63) is 22.9 Å². The number of carbonyl (C=O) groups excluding carboxylic acids is 1. The molecule has 1 heterocycles. The highest BCUT2D eigenvalue weighted by Gasteiger charge is 2.30. The number of aryl methyl sites for hydroxylation is 2. The Kier molecular flexibility index (Phi) is 5.94. The number of nitrogens with one attached hydrogen (secondary N) is 1. The Hall–Kier alpha value is -1.91. The lowest BCUT2D eigenvalue weighted by atomic mass is 9.99. The number of amides is 1. The van der Waals surface area contributed by atoms with Crippen LogP contribution in [0, 0.1) is 25.7 Å². The average Bonchev–Trinajstić information content (AvgIpc) is 3.28. The van der Waals surface area contributed by atoms with Gasteiger partial charge in [0.25, 0.3) is 5.91 Å². The molecule has 3 rings (SSSR count). The van der Waals surface area contributed by atoms with Gasteiger partial charge in [-0.25, -0.2) is 4.98 Å². The Bertz CT molecular complexity index is 665. The first-order chi connectivity index (χ1) is 12.5. The van der Waals surface area contributed by atoms with Gasteiger partial charge in [-0.1, -0.05) is 12.8 Å². The Labute approximate surface area is 156 Å². The van der Waals surface area contributed by atoms with Gasteiger partial charge in [0.1, 0.15) is 0 Å². The summed E-state index contributed by atoms with van der Waals surface area (Å²) in [6.07, 6.45) is 7.41. The van der Waals surface area contributed by atoms with Gasteiger partial charge in [0.05, 0.1) is 5.69 Å². The van der Waals surface area contributed by atoms with E-state index in [9.17, 15) is 4.79 Å². The van der Waals surface area contributed by atoms with Crippen molar-refractivity contribution in [3.63, 3.8) is 0 Å². The molecule has 1 aromatic rings. The molecule has 2 fully saturated rings. The summed E-state index contributed by atoms with van der Waals surface area (Å²) in [6, 6.07) is 2.14. The van der Waals surface area contributed by atoms with Crippen LogP contribution in [0.3, 0.4) is 0 Å². The van der Waals surface area contributed by atoms with Crippen LogP contribution in [0.1, 0.15) is 62.3 Å². The lowest BCUT2D eigenvalue weighted by Gasteiger charge is -2.20. The molecule has 1 atom stereocenters. The molecule has 2 saturated carbocycles. The van der Waals surface area contributed by atoms with E-state index in [2.05, 4.69) is 29.1 Å². The minimum atomic E-state index is -0.0700. The third-order valence-corrected chi connectivity index (χ3v) is 5.68. The van der Waals surface area contributed by atoms with E-state index < -0.39 is 0 Å². The predicted octanol–water partition coefficient (Wildman–Crippen LogP) is 3.60. The molecular formula is C21H31N3O2. The van der Waals surface area contributed by atoms with Gasteiger partial charge in [-0.3, -0.25) is 9.79 Å². The summed E-state index contributed by atoms with van der Waals surface area (Å²) in [5.41, 5.74) is 4.33. The highest BCUT2D eigenvalue weighted by atomic mass is 16.5. The van der Waals surface area contributed by atoms with E-state index in [1.54, 1.807) is 0 Å². The Balaban J connectivity index is 1.59. The summed E-state index contributed by atoms with van der Waals surface area (Å²) >= 11 is 0. The van der Waals surface area contributed by atoms with Crippen molar-refractivity contribution in [1.29, 1.82) is 0 Å². The first-order valence-electron chi connectivity index (χ1n) is 9.87. The number of hydrogen-bond acceptors (Lipinski definition) is 4. The minimum absolute atomic E-state index is 0.0135. The second-order valence-electron chi connectivity index (χ2n) is 7.81. The number of aromatic nitrogens is 1. The zero-order valence-corrected chi connectivity index (χ0v) is 16.5. The molecule has 1 amide bonds. The van der Waals surface area contributed by atoms with Crippen LogP contribution in [-0.2, 0) is 4.79 Å². The van der Waals surface area contributed by atoms with Gasteiger partial charge >= 0.3 is 0 Å². The van der Waals surface area contributed by atoms with Crippen LogP contribution in [0.4, 0.5) is 0 Å². The van der Waals surface area contributed by atoms with Crippen molar-refractivity contribution in [2.45, 2.75) is 65.3 Å². The van der Waals surface area contributed by atoms with E-state index in [-0.39, 0.29) is 18.6 Å². The van der Waals surface area contributed by atoms with E-state index >= 15 is 0 Å². The highest BCUT2D eigenvalue weighted by Crippen LogP contribution is 2.35. The number of nitrogens with zero attached hydrogens (tertiary/aromatic N) is 2. The van der Waals surface area contributed by atoms with Crippen molar-refractivity contribution in [1.82, 2.24) is 10.3 Å². The number of pyridine rings is 1. The number of rotatable bonds is 7. The predicted molar refractivity (Wildman–Crippen MR) is 104 cm³/mol. The molecule has 0 spiro atoms. The standard InChI is InChI=1S/C21H31N3O2/c1-13-11-19(24-15(3)20(13)21(22-4)17-9-10-17)26-12-18(25)23-14(2)16-7-5-6-8-16/h11,14,16-17H,5-10,12H2,1-4H3,(H,23,25)/b22-21-/t14-/m0/s1. The first kappa shape index (κ1) is 18.9. The summed E-state index contributed by atoms with van der Waals surface area (Å²) in [6.45, 7) is 6.16. The van der Waals surface area contributed by atoms with E-state index in [0.29, 0.717) is 17.7 Å². The molecule has 1 aromatic heterocycles. The summed E-state index contributed by atoms with van der Waals surface area (Å²) in [5, 5.41) is 3.07. The number of ether oxygens (including phenoxy) is 1. The topological polar surface area (TPSA) is 63.6 Å². The molecule has 0 bridgehead atoms. The molecule has 0 saturated heterocycles. The summed E-state index contributed by atoms with van der Waals surface area (Å²) in [7, 11) is 1.85. The van der Waals surface area contributed by atoms with Gasteiger partial charge in [0.15, 0.2) is 6.61 Å². The molecule has 2 aliphatic carbocycles. The second kappa shape index (κ2) is 8.19. The van der Waals surface area contributed by atoms with Crippen LogP contribution in [0.5, 0.6) is 5.88 Å². The van der Waals surface area contributed by atoms with Gasteiger partial charge in [-0.05, 0) is 57.9 Å². The zero-order valence-electron chi connectivity index (χ0n) is 16.5. The molecule has 26 heavy (non-hydrogen) atoms. The third-order valence-electron chi connectivity index (χ3n) is 5.68. The molecule has 5 heteroatoms. The Morgan fingerprint density at radius 1 is 1.31 bits per heavy atom. The fourth-order valence-electron chi connectivity index (χ4n) is 4.12. The molecule has 142 valence electrons. The maximum atomic E-state index is 12.2. The molecule has 0 aliphatic heterocycles. The van der Waals surface area contributed by atoms with Gasteiger partial charge < -0.3 is 10.1 Å². The number of aliphatic imine (C=N–C) groups is 1. The van der Waals surface area contributed by atoms with E-state index in [1.807, 2.05) is 20.0 Å². The SMILES string of the molecule is C/N=C(\c1c(C)cc(OCC(=O)N[C@@H](C)C2CCCC2)nc1C)C1CC1. The number of carbonyl (C=O) groups is 1. The summed E-state index contributed by atoms with van der Waals surface area (Å²) in [5.74, 6) is 1.63.